The number of nitrogens with one attached hydrogen (secondary N) is 1. The highest BCUT2D eigenvalue weighted by molar-refractivity contribution is 6.42. The van der Waals surface area contributed by atoms with Crippen molar-refractivity contribution in [3.8, 4) is 5.75 Å². The van der Waals surface area contributed by atoms with E-state index < -0.39 is 11.9 Å². The average Bonchev–Trinajstić information content (AvgIpc) is 2.83. The van der Waals surface area contributed by atoms with Crippen molar-refractivity contribution in [3.63, 3.8) is 0 Å². The molecule has 1 atom stereocenters. The highest BCUT2D eigenvalue weighted by Crippen LogP contribution is 2.28. The number of amides is 2. The van der Waals surface area contributed by atoms with Gasteiger partial charge in [0.1, 0.15) is 11.8 Å². The molecule has 3 aromatic carbocycles. The number of ether oxygens (including phenoxy) is 1. The fraction of sp³-hybridized carbons (Fsp3) is 0.259. The second-order valence-electron chi connectivity index (χ2n) is 8.50. The quantitative estimate of drug-likeness (QED) is 0.291. The lowest BCUT2D eigenvalue weighted by molar-refractivity contribution is -0.143. The monoisotopic (exact) mass is 566 g/mol. The maximum Gasteiger partial charge on any atom is 0.261 e. The van der Waals surface area contributed by atoms with E-state index in [4.69, 9.17) is 51.1 Å². The molecular formula is C27H26Cl4N2O3. The first kappa shape index (κ1) is 28.1. The summed E-state index contributed by atoms with van der Waals surface area (Å²) in [5, 5.41) is 4.43. The van der Waals surface area contributed by atoms with E-state index in [2.05, 4.69) is 5.32 Å². The number of nitrogens with zero attached hydrogens (tertiary/aromatic N) is 1. The van der Waals surface area contributed by atoms with E-state index in [1.54, 1.807) is 30.3 Å². The van der Waals surface area contributed by atoms with Crippen LogP contribution in [0.15, 0.2) is 66.7 Å². The molecule has 1 N–H and O–H groups in total. The van der Waals surface area contributed by atoms with Gasteiger partial charge in [-0.25, -0.2) is 0 Å². The predicted octanol–water partition coefficient (Wildman–Crippen LogP) is 6.84. The van der Waals surface area contributed by atoms with Gasteiger partial charge in [0.15, 0.2) is 6.61 Å². The SMILES string of the molecule is CC(C)NC(=O)[C@H](Cc1ccccc1)N(Cc1ccc(Cl)c(Cl)c1)C(=O)COc1ccc(Cl)cc1Cl. The van der Waals surface area contributed by atoms with Crippen LogP contribution >= 0.6 is 46.4 Å². The molecule has 0 radical (unpaired) electrons. The topological polar surface area (TPSA) is 58.6 Å². The average molecular weight is 568 g/mol. The molecule has 0 aliphatic rings. The molecule has 0 spiro atoms. The Kier molecular flexibility index (Phi) is 10.3. The van der Waals surface area contributed by atoms with Crippen LogP contribution in [0.4, 0.5) is 0 Å². The van der Waals surface area contributed by atoms with Crippen molar-refractivity contribution >= 4 is 58.2 Å². The molecule has 36 heavy (non-hydrogen) atoms. The first-order valence-corrected chi connectivity index (χ1v) is 12.8. The van der Waals surface area contributed by atoms with Crippen LogP contribution in [0, 0.1) is 0 Å². The van der Waals surface area contributed by atoms with Crippen molar-refractivity contribution in [1.29, 1.82) is 0 Å². The minimum atomic E-state index is -0.805. The third-order valence-corrected chi connectivity index (χ3v) is 6.55. The first-order valence-electron chi connectivity index (χ1n) is 11.3. The number of hydrogen-bond acceptors (Lipinski definition) is 3. The van der Waals surface area contributed by atoms with Crippen LogP contribution in [0.5, 0.6) is 5.75 Å². The Morgan fingerprint density at radius 2 is 1.58 bits per heavy atom. The van der Waals surface area contributed by atoms with E-state index in [9.17, 15) is 9.59 Å². The van der Waals surface area contributed by atoms with Crippen LogP contribution in [0.1, 0.15) is 25.0 Å². The van der Waals surface area contributed by atoms with Gasteiger partial charge in [-0.3, -0.25) is 9.59 Å². The van der Waals surface area contributed by atoms with Crippen LogP contribution in [-0.2, 0) is 22.6 Å². The van der Waals surface area contributed by atoms with E-state index in [0.29, 0.717) is 27.2 Å². The van der Waals surface area contributed by atoms with E-state index in [1.807, 2.05) is 44.2 Å². The van der Waals surface area contributed by atoms with Gasteiger partial charge >= 0.3 is 0 Å². The van der Waals surface area contributed by atoms with Crippen molar-refractivity contribution in [3.05, 3.63) is 97.9 Å². The summed E-state index contributed by atoms with van der Waals surface area (Å²) in [6.07, 6.45) is 0.314. The van der Waals surface area contributed by atoms with Gasteiger partial charge in [0, 0.05) is 24.0 Å². The van der Waals surface area contributed by atoms with Crippen molar-refractivity contribution in [1.82, 2.24) is 10.2 Å². The third kappa shape index (κ3) is 8.04. The van der Waals surface area contributed by atoms with Crippen LogP contribution in [-0.4, -0.2) is 35.4 Å². The summed E-state index contributed by atoms with van der Waals surface area (Å²) < 4.78 is 5.72. The van der Waals surface area contributed by atoms with Gasteiger partial charge in [0.2, 0.25) is 5.91 Å². The highest BCUT2D eigenvalue weighted by atomic mass is 35.5. The fourth-order valence-corrected chi connectivity index (χ4v) is 4.37. The maximum absolute atomic E-state index is 13.6. The van der Waals surface area contributed by atoms with Gasteiger partial charge in [-0.2, -0.15) is 0 Å². The second kappa shape index (κ2) is 13.2. The number of hydrogen-bond donors (Lipinski definition) is 1. The van der Waals surface area contributed by atoms with Gasteiger partial charge < -0.3 is 15.0 Å². The largest absolute Gasteiger partial charge is 0.482 e. The molecule has 0 aromatic heterocycles. The van der Waals surface area contributed by atoms with Crippen LogP contribution in [0.3, 0.4) is 0 Å². The zero-order valence-corrected chi connectivity index (χ0v) is 22.8. The maximum atomic E-state index is 13.6. The Morgan fingerprint density at radius 1 is 0.861 bits per heavy atom. The summed E-state index contributed by atoms with van der Waals surface area (Å²) >= 11 is 24.5. The predicted molar refractivity (Wildman–Crippen MR) is 146 cm³/mol. The molecule has 3 rings (SSSR count). The smallest absolute Gasteiger partial charge is 0.261 e. The molecule has 0 aliphatic heterocycles. The van der Waals surface area contributed by atoms with Gasteiger partial charge in [-0.1, -0.05) is 82.8 Å². The zero-order chi connectivity index (χ0) is 26.2. The highest BCUT2D eigenvalue weighted by Gasteiger charge is 2.31. The number of carbonyl (C=O) groups excluding carboxylic acids is 2. The minimum Gasteiger partial charge on any atom is -0.482 e. The summed E-state index contributed by atoms with van der Waals surface area (Å²) in [5.74, 6) is -0.353. The molecule has 0 aliphatic carbocycles. The molecule has 2 amide bonds. The minimum absolute atomic E-state index is 0.109. The number of rotatable bonds is 10. The van der Waals surface area contributed by atoms with Crippen LogP contribution in [0.2, 0.25) is 20.1 Å². The molecule has 0 saturated carbocycles. The van der Waals surface area contributed by atoms with Crippen LogP contribution in [0.25, 0.3) is 0 Å². The van der Waals surface area contributed by atoms with E-state index in [0.717, 1.165) is 11.1 Å². The lowest BCUT2D eigenvalue weighted by Gasteiger charge is -2.32. The summed E-state index contributed by atoms with van der Waals surface area (Å²) in [6, 6.07) is 18.5. The summed E-state index contributed by atoms with van der Waals surface area (Å²) in [5.41, 5.74) is 1.63. The Hall–Kier alpha value is -2.44. The standard InChI is InChI=1S/C27H26Cl4N2O3/c1-17(2)32-27(35)24(13-18-6-4-3-5-7-18)33(15-19-8-10-21(29)22(30)12-19)26(34)16-36-25-11-9-20(28)14-23(25)31/h3-12,14,17,24H,13,15-16H2,1-2H3,(H,32,35)/t24-/m0/s1. The Morgan fingerprint density at radius 3 is 2.22 bits per heavy atom. The van der Waals surface area contributed by atoms with Crippen molar-refractivity contribution in [2.75, 3.05) is 6.61 Å². The van der Waals surface area contributed by atoms with Gasteiger partial charge in [0.25, 0.3) is 5.91 Å². The van der Waals surface area contributed by atoms with E-state index in [1.165, 1.54) is 11.0 Å². The molecule has 3 aromatic rings. The van der Waals surface area contributed by atoms with Crippen molar-refractivity contribution in [2.24, 2.45) is 0 Å². The van der Waals surface area contributed by atoms with Crippen molar-refractivity contribution < 1.29 is 14.3 Å². The Labute approximate surface area is 231 Å². The molecule has 0 unspecified atom stereocenters. The van der Waals surface area contributed by atoms with E-state index in [-0.39, 0.29) is 30.1 Å². The third-order valence-electron chi connectivity index (χ3n) is 5.28. The Bertz CT molecular complexity index is 1200. The zero-order valence-electron chi connectivity index (χ0n) is 19.8. The molecule has 0 saturated heterocycles. The molecule has 0 heterocycles. The number of benzene rings is 3. The summed E-state index contributed by atoms with van der Waals surface area (Å²) in [6.45, 7) is 3.53. The first-order chi connectivity index (χ1) is 17.1. The number of halogens is 4. The molecular weight excluding hydrogens is 542 g/mol. The van der Waals surface area contributed by atoms with Crippen molar-refractivity contribution in [2.45, 2.75) is 38.9 Å². The molecule has 9 heteroatoms. The molecule has 190 valence electrons. The Balaban J connectivity index is 1.94. The second-order valence-corrected chi connectivity index (χ2v) is 10.2. The molecule has 0 fully saturated rings. The lowest BCUT2D eigenvalue weighted by Crippen LogP contribution is -2.52. The fourth-order valence-electron chi connectivity index (χ4n) is 3.58. The molecule has 5 nitrogen and oxygen atoms in total. The van der Waals surface area contributed by atoms with E-state index >= 15 is 0 Å². The lowest BCUT2D eigenvalue weighted by atomic mass is 10.0. The normalized spacial score (nSPS) is 11.8. The van der Waals surface area contributed by atoms with Gasteiger partial charge in [0.05, 0.1) is 15.1 Å². The molecule has 0 bridgehead atoms. The van der Waals surface area contributed by atoms with Crippen LogP contribution < -0.4 is 10.1 Å². The summed E-state index contributed by atoms with van der Waals surface area (Å²) in [4.78, 5) is 28.4. The van der Waals surface area contributed by atoms with Gasteiger partial charge in [-0.05, 0) is 55.3 Å². The van der Waals surface area contributed by atoms with Gasteiger partial charge in [-0.15, -0.1) is 0 Å². The summed E-state index contributed by atoms with van der Waals surface area (Å²) in [7, 11) is 0. The number of carbonyl (C=O) groups is 2.